The van der Waals surface area contributed by atoms with Crippen molar-refractivity contribution in [2.75, 3.05) is 12.4 Å². The first kappa shape index (κ1) is 15.3. The molecule has 0 aromatic heterocycles. The number of halogens is 2. The van der Waals surface area contributed by atoms with E-state index in [1.807, 2.05) is 0 Å². The first-order valence-electron chi connectivity index (χ1n) is 6.41. The lowest BCUT2D eigenvalue weighted by atomic mass is 10.1. The van der Waals surface area contributed by atoms with Crippen LogP contribution in [0.3, 0.4) is 0 Å². The van der Waals surface area contributed by atoms with Crippen LogP contribution in [-0.4, -0.2) is 13.1 Å². The molecule has 1 atom stereocenters. The normalized spacial score (nSPS) is 11.8. The molecule has 0 amide bonds. The Kier molecular flexibility index (Phi) is 4.81. The molecule has 21 heavy (non-hydrogen) atoms. The Hall–Kier alpha value is -2.07. The van der Waals surface area contributed by atoms with E-state index in [0.717, 1.165) is 0 Å². The summed E-state index contributed by atoms with van der Waals surface area (Å²) >= 11 is 5.96. The van der Waals surface area contributed by atoms with Crippen LogP contribution in [0.15, 0.2) is 42.5 Å². The fraction of sp³-hybridized carbons (Fsp3) is 0.188. The summed E-state index contributed by atoms with van der Waals surface area (Å²) < 4.78 is 18.5. The highest BCUT2D eigenvalue weighted by Crippen LogP contribution is 2.27. The van der Waals surface area contributed by atoms with Crippen LogP contribution < -0.4 is 5.32 Å². The van der Waals surface area contributed by atoms with Gasteiger partial charge in [0.25, 0.3) is 0 Å². The van der Waals surface area contributed by atoms with Gasteiger partial charge in [0.05, 0.1) is 24.4 Å². The first-order valence-corrected chi connectivity index (χ1v) is 6.79. The highest BCUT2D eigenvalue weighted by molar-refractivity contribution is 6.31. The predicted molar refractivity (Wildman–Crippen MR) is 81.2 cm³/mol. The lowest BCUT2D eigenvalue weighted by Crippen LogP contribution is -2.12. The smallest absolute Gasteiger partial charge is 0.339 e. The molecule has 1 N–H and O–H groups in total. The molecule has 2 aromatic carbocycles. The minimum atomic E-state index is -0.477. The van der Waals surface area contributed by atoms with Gasteiger partial charge >= 0.3 is 5.97 Å². The lowest BCUT2D eigenvalue weighted by molar-refractivity contribution is 0.0602. The van der Waals surface area contributed by atoms with Crippen molar-refractivity contribution in [2.45, 2.75) is 13.0 Å². The van der Waals surface area contributed by atoms with Crippen molar-refractivity contribution in [2.24, 2.45) is 0 Å². The quantitative estimate of drug-likeness (QED) is 0.849. The van der Waals surface area contributed by atoms with Gasteiger partial charge in [-0.25, -0.2) is 9.18 Å². The second kappa shape index (κ2) is 6.59. The van der Waals surface area contributed by atoms with Gasteiger partial charge in [-0.15, -0.1) is 0 Å². The number of esters is 1. The van der Waals surface area contributed by atoms with E-state index in [1.54, 1.807) is 43.3 Å². The van der Waals surface area contributed by atoms with Gasteiger partial charge in [0.1, 0.15) is 5.82 Å². The maximum atomic E-state index is 13.8. The molecule has 0 radical (unpaired) electrons. The second-order valence-corrected chi connectivity index (χ2v) is 5.01. The van der Waals surface area contributed by atoms with E-state index in [1.165, 1.54) is 13.2 Å². The average molecular weight is 308 g/mol. The van der Waals surface area contributed by atoms with Crippen molar-refractivity contribution in [1.82, 2.24) is 0 Å². The van der Waals surface area contributed by atoms with Crippen LogP contribution in [0.25, 0.3) is 0 Å². The van der Waals surface area contributed by atoms with E-state index < -0.39 is 5.97 Å². The Balaban J connectivity index is 2.32. The molecule has 0 aliphatic carbocycles. The minimum absolute atomic E-state index is 0.306. The third-order valence-electron chi connectivity index (χ3n) is 3.13. The topological polar surface area (TPSA) is 38.3 Å². The summed E-state index contributed by atoms with van der Waals surface area (Å²) in [5.74, 6) is -0.783. The Bertz CT molecular complexity index is 660. The Morgan fingerprint density at radius 2 is 2.00 bits per heavy atom. The number of anilines is 1. The minimum Gasteiger partial charge on any atom is -0.465 e. The monoisotopic (exact) mass is 307 g/mol. The number of carbonyl (C=O) groups excluding carboxylic acids is 1. The van der Waals surface area contributed by atoms with Gasteiger partial charge in [0.15, 0.2) is 0 Å². The summed E-state index contributed by atoms with van der Waals surface area (Å²) in [5, 5.41) is 3.58. The van der Waals surface area contributed by atoms with Crippen LogP contribution in [0.5, 0.6) is 0 Å². The zero-order valence-electron chi connectivity index (χ0n) is 11.7. The molecule has 0 aliphatic rings. The van der Waals surface area contributed by atoms with E-state index in [-0.39, 0.29) is 11.9 Å². The Morgan fingerprint density at radius 3 is 2.67 bits per heavy atom. The van der Waals surface area contributed by atoms with Crippen molar-refractivity contribution in [3.63, 3.8) is 0 Å². The maximum Gasteiger partial charge on any atom is 0.339 e. The Labute approximate surface area is 127 Å². The first-order chi connectivity index (χ1) is 10.0. The summed E-state index contributed by atoms with van der Waals surface area (Å²) in [6.07, 6.45) is 0. The second-order valence-electron chi connectivity index (χ2n) is 4.57. The van der Waals surface area contributed by atoms with Gasteiger partial charge < -0.3 is 10.1 Å². The van der Waals surface area contributed by atoms with Crippen LogP contribution >= 0.6 is 11.6 Å². The number of nitrogens with one attached hydrogen (secondary N) is 1. The zero-order chi connectivity index (χ0) is 15.4. The van der Waals surface area contributed by atoms with Crippen molar-refractivity contribution >= 4 is 23.3 Å². The van der Waals surface area contributed by atoms with Gasteiger partial charge in [-0.1, -0.05) is 29.8 Å². The van der Waals surface area contributed by atoms with E-state index >= 15 is 0 Å². The molecule has 0 saturated heterocycles. The maximum absolute atomic E-state index is 13.8. The van der Waals surface area contributed by atoms with Crippen LogP contribution in [0.1, 0.15) is 28.9 Å². The molecule has 110 valence electrons. The van der Waals surface area contributed by atoms with Crippen molar-refractivity contribution < 1.29 is 13.9 Å². The van der Waals surface area contributed by atoms with Crippen molar-refractivity contribution in [1.29, 1.82) is 0 Å². The molecule has 5 heteroatoms. The molecule has 3 nitrogen and oxygen atoms in total. The fourth-order valence-electron chi connectivity index (χ4n) is 2.06. The highest BCUT2D eigenvalue weighted by Gasteiger charge is 2.16. The Morgan fingerprint density at radius 1 is 1.29 bits per heavy atom. The SMILES string of the molecule is COC(=O)c1ccc(Cl)cc1NC(C)c1ccccc1F. The molecule has 2 aromatic rings. The van der Waals surface area contributed by atoms with Crippen molar-refractivity contribution in [3.05, 3.63) is 64.4 Å². The summed E-state index contributed by atoms with van der Waals surface area (Å²) in [7, 11) is 1.31. The third-order valence-corrected chi connectivity index (χ3v) is 3.37. The molecule has 0 saturated carbocycles. The van der Waals surface area contributed by atoms with Crippen LogP contribution in [-0.2, 0) is 4.74 Å². The van der Waals surface area contributed by atoms with Gasteiger partial charge in [0.2, 0.25) is 0 Å². The molecule has 0 heterocycles. The number of hydrogen-bond donors (Lipinski definition) is 1. The van der Waals surface area contributed by atoms with Gasteiger partial charge in [-0.2, -0.15) is 0 Å². The van der Waals surface area contributed by atoms with Crippen molar-refractivity contribution in [3.8, 4) is 0 Å². The number of hydrogen-bond acceptors (Lipinski definition) is 3. The summed E-state index contributed by atoms with van der Waals surface area (Å²) in [5.41, 5.74) is 1.36. The molecule has 1 unspecified atom stereocenters. The number of benzene rings is 2. The lowest BCUT2D eigenvalue weighted by Gasteiger charge is -2.18. The molecule has 0 aliphatic heterocycles. The number of carbonyl (C=O) groups is 1. The van der Waals surface area contributed by atoms with Gasteiger partial charge in [-0.3, -0.25) is 0 Å². The molecule has 0 fully saturated rings. The summed E-state index contributed by atoms with van der Waals surface area (Å²) in [6, 6.07) is 10.9. The van der Waals surface area contributed by atoms with E-state index in [2.05, 4.69) is 5.32 Å². The number of rotatable bonds is 4. The molecule has 0 spiro atoms. The average Bonchev–Trinajstić information content (AvgIpc) is 2.47. The van der Waals surface area contributed by atoms with Crippen LogP contribution in [0, 0.1) is 5.82 Å². The molecule has 2 rings (SSSR count). The summed E-state index contributed by atoms with van der Waals surface area (Å²) in [4.78, 5) is 11.8. The third kappa shape index (κ3) is 3.52. The highest BCUT2D eigenvalue weighted by atomic mass is 35.5. The number of methoxy groups -OCH3 is 1. The summed E-state index contributed by atoms with van der Waals surface area (Å²) in [6.45, 7) is 1.81. The van der Waals surface area contributed by atoms with E-state index in [4.69, 9.17) is 16.3 Å². The standard InChI is InChI=1S/C16H15ClFNO2/c1-10(12-5-3-4-6-14(12)18)19-15-9-11(17)7-8-13(15)16(20)21-2/h3-10,19H,1-2H3. The molecule has 0 bridgehead atoms. The van der Waals surface area contributed by atoms with Crippen LogP contribution in [0.4, 0.5) is 10.1 Å². The van der Waals surface area contributed by atoms with E-state index in [0.29, 0.717) is 21.8 Å². The molecular formula is C16H15ClFNO2. The largest absolute Gasteiger partial charge is 0.465 e. The predicted octanol–water partition coefficient (Wildman–Crippen LogP) is 4.44. The van der Waals surface area contributed by atoms with Crippen LogP contribution in [0.2, 0.25) is 5.02 Å². The van der Waals surface area contributed by atoms with Gasteiger partial charge in [0, 0.05) is 10.6 Å². The zero-order valence-corrected chi connectivity index (χ0v) is 12.4. The molecular weight excluding hydrogens is 293 g/mol. The van der Waals surface area contributed by atoms with E-state index in [9.17, 15) is 9.18 Å². The number of ether oxygens (including phenoxy) is 1. The fourth-order valence-corrected chi connectivity index (χ4v) is 2.23. The van der Waals surface area contributed by atoms with Gasteiger partial charge in [-0.05, 0) is 31.2 Å².